The van der Waals surface area contributed by atoms with Crippen LogP contribution in [0.25, 0.3) is 0 Å². The predicted molar refractivity (Wildman–Crippen MR) is 137 cm³/mol. The van der Waals surface area contributed by atoms with Gasteiger partial charge in [-0.25, -0.2) is 8.42 Å². The number of amides is 2. The van der Waals surface area contributed by atoms with Gasteiger partial charge in [0.2, 0.25) is 21.8 Å². The lowest BCUT2D eigenvalue weighted by Gasteiger charge is -2.33. The van der Waals surface area contributed by atoms with Crippen molar-refractivity contribution in [2.24, 2.45) is 0 Å². The molecule has 2 aromatic carbocycles. The van der Waals surface area contributed by atoms with E-state index in [1.165, 1.54) is 31.3 Å². The Morgan fingerprint density at radius 1 is 1.06 bits per heavy atom. The van der Waals surface area contributed by atoms with E-state index in [0.29, 0.717) is 35.1 Å². The number of likely N-dealkylation sites (N-methyl/N-ethyl adjacent to an activating group) is 1. The predicted octanol–water partition coefficient (Wildman–Crippen LogP) is 3.07. The van der Waals surface area contributed by atoms with Crippen LogP contribution in [0.4, 0.5) is 5.69 Å². The minimum atomic E-state index is -3.87. The standard InChI is InChI=1S/C24H32ClN3O6S/c1-6-20(24(30)26-7-2)27(15-17-10-8-9-11-19(17)25)23(29)16-28(35(5,31)32)18-12-13-21(33-3)22(14-18)34-4/h8-14,20H,6-7,15-16H2,1-5H3,(H,26,30)/t20-/m1/s1. The molecule has 0 aliphatic rings. The number of ether oxygens (including phenoxy) is 2. The summed E-state index contributed by atoms with van der Waals surface area (Å²) < 4.78 is 36.9. The fourth-order valence-corrected chi connectivity index (χ4v) is 4.65. The van der Waals surface area contributed by atoms with Gasteiger partial charge in [0.1, 0.15) is 12.6 Å². The summed E-state index contributed by atoms with van der Waals surface area (Å²) in [5.74, 6) is -0.151. The first-order valence-electron chi connectivity index (χ1n) is 11.1. The van der Waals surface area contributed by atoms with Gasteiger partial charge >= 0.3 is 0 Å². The van der Waals surface area contributed by atoms with Crippen molar-refractivity contribution in [1.29, 1.82) is 0 Å². The highest BCUT2D eigenvalue weighted by atomic mass is 35.5. The van der Waals surface area contributed by atoms with Crippen molar-refractivity contribution in [1.82, 2.24) is 10.2 Å². The zero-order chi connectivity index (χ0) is 26.2. The number of sulfonamides is 1. The van der Waals surface area contributed by atoms with E-state index in [1.807, 2.05) is 0 Å². The molecular weight excluding hydrogens is 494 g/mol. The summed E-state index contributed by atoms with van der Waals surface area (Å²) in [6.07, 6.45) is 1.34. The van der Waals surface area contributed by atoms with Gasteiger partial charge in [-0.15, -0.1) is 0 Å². The number of rotatable bonds is 12. The van der Waals surface area contributed by atoms with Crippen LogP contribution in [0.5, 0.6) is 11.5 Å². The van der Waals surface area contributed by atoms with Crippen LogP contribution in [0.15, 0.2) is 42.5 Å². The van der Waals surface area contributed by atoms with Gasteiger partial charge in [-0.1, -0.05) is 36.7 Å². The normalized spacial score (nSPS) is 11.9. The van der Waals surface area contributed by atoms with Gasteiger partial charge < -0.3 is 19.7 Å². The lowest BCUT2D eigenvalue weighted by Crippen LogP contribution is -2.52. The monoisotopic (exact) mass is 525 g/mol. The third kappa shape index (κ3) is 7.25. The van der Waals surface area contributed by atoms with Crippen LogP contribution in [0, 0.1) is 0 Å². The molecule has 0 bridgehead atoms. The number of carbonyl (C=O) groups excluding carboxylic acids is 2. The van der Waals surface area contributed by atoms with E-state index in [0.717, 1.165) is 10.6 Å². The molecule has 0 spiro atoms. The number of nitrogens with zero attached hydrogens (tertiary/aromatic N) is 2. The molecule has 2 amide bonds. The van der Waals surface area contributed by atoms with Gasteiger partial charge in [-0.05, 0) is 37.1 Å². The van der Waals surface area contributed by atoms with Crippen LogP contribution < -0.4 is 19.1 Å². The van der Waals surface area contributed by atoms with Gasteiger partial charge in [-0.3, -0.25) is 13.9 Å². The molecule has 1 N–H and O–H groups in total. The number of nitrogens with one attached hydrogen (secondary N) is 1. The number of benzene rings is 2. The first-order chi connectivity index (χ1) is 16.6. The molecule has 0 saturated carbocycles. The van der Waals surface area contributed by atoms with Crippen LogP contribution in [0.1, 0.15) is 25.8 Å². The molecule has 11 heteroatoms. The van der Waals surface area contributed by atoms with Gasteiger partial charge in [0.25, 0.3) is 0 Å². The lowest BCUT2D eigenvalue weighted by molar-refractivity contribution is -0.140. The second kappa shape index (κ2) is 12.6. The maximum atomic E-state index is 13.6. The average Bonchev–Trinajstić information content (AvgIpc) is 2.82. The smallest absolute Gasteiger partial charge is 0.244 e. The summed E-state index contributed by atoms with van der Waals surface area (Å²) in [4.78, 5) is 27.8. The molecule has 1 atom stereocenters. The van der Waals surface area contributed by atoms with E-state index in [-0.39, 0.29) is 18.1 Å². The zero-order valence-corrected chi connectivity index (χ0v) is 22.1. The third-order valence-corrected chi connectivity index (χ3v) is 6.88. The molecule has 0 heterocycles. The Morgan fingerprint density at radius 3 is 2.26 bits per heavy atom. The van der Waals surface area contributed by atoms with Crippen LogP contribution in [0.2, 0.25) is 5.02 Å². The van der Waals surface area contributed by atoms with Crippen molar-refractivity contribution in [3.05, 3.63) is 53.1 Å². The van der Waals surface area contributed by atoms with Gasteiger partial charge in [-0.2, -0.15) is 0 Å². The number of carbonyl (C=O) groups is 2. The van der Waals surface area contributed by atoms with Gasteiger partial charge in [0, 0.05) is 24.2 Å². The molecule has 192 valence electrons. The number of hydrogen-bond acceptors (Lipinski definition) is 6. The molecule has 0 radical (unpaired) electrons. The number of hydrogen-bond donors (Lipinski definition) is 1. The Morgan fingerprint density at radius 2 is 1.71 bits per heavy atom. The third-order valence-electron chi connectivity index (χ3n) is 5.37. The van der Waals surface area contributed by atoms with E-state index in [4.69, 9.17) is 21.1 Å². The van der Waals surface area contributed by atoms with Gasteiger partial charge in [0.15, 0.2) is 11.5 Å². The molecule has 35 heavy (non-hydrogen) atoms. The molecular formula is C24H32ClN3O6S. The Balaban J connectivity index is 2.49. The maximum Gasteiger partial charge on any atom is 0.244 e. The highest BCUT2D eigenvalue weighted by molar-refractivity contribution is 7.92. The van der Waals surface area contributed by atoms with E-state index in [1.54, 1.807) is 44.2 Å². The van der Waals surface area contributed by atoms with E-state index in [2.05, 4.69) is 5.32 Å². The molecule has 0 aliphatic carbocycles. The molecule has 0 fully saturated rings. The fourth-order valence-electron chi connectivity index (χ4n) is 3.62. The first kappa shape index (κ1) is 28.3. The molecule has 0 aromatic heterocycles. The minimum Gasteiger partial charge on any atom is -0.493 e. The largest absolute Gasteiger partial charge is 0.493 e. The number of halogens is 1. The van der Waals surface area contributed by atoms with Crippen LogP contribution >= 0.6 is 11.6 Å². The van der Waals surface area contributed by atoms with Gasteiger partial charge in [0.05, 0.1) is 26.2 Å². The number of methoxy groups -OCH3 is 2. The second-order valence-corrected chi connectivity index (χ2v) is 10.1. The van der Waals surface area contributed by atoms with Crippen molar-refractivity contribution in [3.63, 3.8) is 0 Å². The minimum absolute atomic E-state index is 0.0394. The summed E-state index contributed by atoms with van der Waals surface area (Å²) in [6, 6.07) is 10.7. The Kier molecular flexibility index (Phi) is 10.2. The lowest BCUT2D eigenvalue weighted by atomic mass is 10.1. The van der Waals surface area contributed by atoms with Crippen molar-refractivity contribution in [2.75, 3.05) is 37.9 Å². The molecule has 2 aromatic rings. The summed E-state index contributed by atoms with van der Waals surface area (Å²) in [6.45, 7) is 3.49. The Labute approximate surface area is 212 Å². The fraction of sp³-hybridized carbons (Fsp3) is 0.417. The van der Waals surface area contributed by atoms with Crippen molar-refractivity contribution < 1.29 is 27.5 Å². The highest BCUT2D eigenvalue weighted by Gasteiger charge is 2.32. The molecule has 2 rings (SSSR count). The quantitative estimate of drug-likeness (QED) is 0.456. The van der Waals surface area contributed by atoms with E-state index < -0.39 is 28.5 Å². The Hall–Kier alpha value is -2.98. The summed E-state index contributed by atoms with van der Waals surface area (Å²) in [7, 11) is -0.974. The topological polar surface area (TPSA) is 105 Å². The Bertz CT molecular complexity index is 1140. The summed E-state index contributed by atoms with van der Waals surface area (Å²) >= 11 is 6.33. The van der Waals surface area contributed by atoms with Crippen molar-refractivity contribution in [2.45, 2.75) is 32.9 Å². The summed E-state index contributed by atoms with van der Waals surface area (Å²) in [5, 5.41) is 3.19. The maximum absolute atomic E-state index is 13.6. The van der Waals surface area contributed by atoms with Crippen molar-refractivity contribution >= 4 is 39.1 Å². The van der Waals surface area contributed by atoms with E-state index in [9.17, 15) is 18.0 Å². The average molecular weight is 526 g/mol. The van der Waals surface area contributed by atoms with E-state index >= 15 is 0 Å². The van der Waals surface area contributed by atoms with Crippen molar-refractivity contribution in [3.8, 4) is 11.5 Å². The highest BCUT2D eigenvalue weighted by Crippen LogP contribution is 2.32. The molecule has 0 unspecified atom stereocenters. The molecule has 9 nitrogen and oxygen atoms in total. The van der Waals surface area contributed by atoms with Crippen LogP contribution in [-0.4, -0.2) is 64.7 Å². The first-order valence-corrected chi connectivity index (χ1v) is 13.3. The second-order valence-electron chi connectivity index (χ2n) is 7.74. The van der Waals surface area contributed by atoms with Crippen LogP contribution in [-0.2, 0) is 26.2 Å². The molecule has 0 saturated heterocycles. The summed E-state index contributed by atoms with van der Waals surface area (Å²) in [5.41, 5.74) is 0.865. The molecule has 0 aliphatic heterocycles. The SMILES string of the molecule is CCNC(=O)[C@@H](CC)N(Cc1ccccc1Cl)C(=O)CN(c1ccc(OC)c(OC)c1)S(C)(=O)=O. The van der Waals surface area contributed by atoms with Crippen LogP contribution in [0.3, 0.4) is 0 Å². The zero-order valence-electron chi connectivity index (χ0n) is 20.6. The number of anilines is 1.